The van der Waals surface area contributed by atoms with Gasteiger partial charge in [-0.05, 0) is 43.5 Å². The van der Waals surface area contributed by atoms with Crippen LogP contribution in [0.5, 0.6) is 0 Å². The number of furan rings is 1. The van der Waals surface area contributed by atoms with Gasteiger partial charge in [-0.25, -0.2) is 9.18 Å². The largest absolute Gasteiger partial charge is 0.472 e. The van der Waals surface area contributed by atoms with Crippen molar-refractivity contribution in [2.24, 2.45) is 0 Å². The van der Waals surface area contributed by atoms with Gasteiger partial charge in [-0.3, -0.25) is 4.79 Å². The Morgan fingerprint density at radius 3 is 2.70 bits per heavy atom. The fraction of sp³-hybridized carbons (Fsp3) is 0.400. The zero-order valence-corrected chi connectivity index (χ0v) is 15.4. The Balaban J connectivity index is 1.50. The summed E-state index contributed by atoms with van der Waals surface area (Å²) in [7, 11) is 0. The Morgan fingerprint density at radius 2 is 2.07 bits per heavy atom. The van der Waals surface area contributed by atoms with Crippen LogP contribution in [0.2, 0.25) is 0 Å². The number of benzene rings is 1. The molecule has 2 heterocycles. The topological polar surface area (TPSA) is 65.8 Å². The molecule has 144 valence electrons. The zero-order chi connectivity index (χ0) is 19.2. The molecule has 1 aromatic heterocycles. The third-order valence-electron chi connectivity index (χ3n) is 4.81. The number of nitrogens with zero attached hydrogens (tertiary/aromatic N) is 2. The first kappa shape index (κ1) is 18.9. The average Bonchev–Trinajstić information content (AvgIpc) is 3.21. The summed E-state index contributed by atoms with van der Waals surface area (Å²) in [6.45, 7) is 3.96. The van der Waals surface area contributed by atoms with Crippen LogP contribution in [0, 0.1) is 5.82 Å². The second kappa shape index (κ2) is 8.70. The lowest BCUT2D eigenvalue weighted by Crippen LogP contribution is -2.50. The number of likely N-dealkylation sites (tertiary alicyclic amines) is 1. The summed E-state index contributed by atoms with van der Waals surface area (Å²) in [4.78, 5) is 28.3. The van der Waals surface area contributed by atoms with E-state index in [0.29, 0.717) is 44.6 Å². The molecule has 0 bridgehead atoms. The number of carbonyl (C=O) groups is 2. The predicted octanol–water partition coefficient (Wildman–Crippen LogP) is 3.26. The smallest absolute Gasteiger partial charge is 0.317 e. The van der Waals surface area contributed by atoms with Gasteiger partial charge in [0.1, 0.15) is 12.1 Å². The molecule has 0 radical (unpaired) electrons. The molecule has 0 atom stereocenters. The maximum Gasteiger partial charge on any atom is 0.317 e. The maximum atomic E-state index is 13.3. The van der Waals surface area contributed by atoms with Gasteiger partial charge in [0.2, 0.25) is 0 Å². The highest BCUT2D eigenvalue weighted by Crippen LogP contribution is 2.15. The second-order valence-corrected chi connectivity index (χ2v) is 6.67. The molecule has 1 N–H and O–H groups in total. The van der Waals surface area contributed by atoms with E-state index in [1.54, 1.807) is 28.0 Å². The molecular weight excluding hydrogens is 349 g/mol. The van der Waals surface area contributed by atoms with Crippen molar-refractivity contribution in [3.8, 4) is 0 Å². The molecule has 1 aromatic carbocycles. The van der Waals surface area contributed by atoms with Gasteiger partial charge in [-0.2, -0.15) is 0 Å². The fourth-order valence-electron chi connectivity index (χ4n) is 3.24. The Labute approximate surface area is 157 Å². The SMILES string of the molecule is CCN(Cc1cccc(F)c1)C(=O)NC1CCN(C(=O)c2ccoc2)CC1. The molecule has 1 aliphatic rings. The Bertz CT molecular complexity index is 771. The van der Waals surface area contributed by atoms with Crippen LogP contribution in [-0.2, 0) is 6.54 Å². The van der Waals surface area contributed by atoms with E-state index in [2.05, 4.69) is 5.32 Å². The summed E-state index contributed by atoms with van der Waals surface area (Å²) in [6.07, 6.45) is 4.33. The van der Waals surface area contributed by atoms with Gasteiger partial charge in [0, 0.05) is 32.2 Å². The minimum Gasteiger partial charge on any atom is -0.472 e. The van der Waals surface area contributed by atoms with Crippen LogP contribution in [0.15, 0.2) is 47.3 Å². The molecule has 0 unspecified atom stereocenters. The van der Waals surface area contributed by atoms with Gasteiger partial charge in [-0.1, -0.05) is 12.1 Å². The number of urea groups is 1. The Kier molecular flexibility index (Phi) is 6.11. The van der Waals surface area contributed by atoms with Crippen molar-refractivity contribution in [3.63, 3.8) is 0 Å². The molecule has 6 nitrogen and oxygen atoms in total. The first-order valence-electron chi connectivity index (χ1n) is 9.18. The normalized spacial score (nSPS) is 14.8. The molecule has 7 heteroatoms. The Hall–Kier alpha value is -2.83. The summed E-state index contributed by atoms with van der Waals surface area (Å²) in [5, 5.41) is 3.04. The summed E-state index contributed by atoms with van der Waals surface area (Å²) in [6, 6.07) is 7.78. The van der Waals surface area contributed by atoms with Crippen molar-refractivity contribution >= 4 is 11.9 Å². The van der Waals surface area contributed by atoms with E-state index in [4.69, 9.17) is 4.42 Å². The third kappa shape index (κ3) is 4.87. The van der Waals surface area contributed by atoms with E-state index < -0.39 is 0 Å². The van der Waals surface area contributed by atoms with Crippen LogP contribution in [-0.4, -0.2) is 47.4 Å². The molecule has 27 heavy (non-hydrogen) atoms. The van der Waals surface area contributed by atoms with Gasteiger partial charge in [-0.15, -0.1) is 0 Å². The number of hydrogen-bond acceptors (Lipinski definition) is 3. The zero-order valence-electron chi connectivity index (χ0n) is 15.4. The van der Waals surface area contributed by atoms with Gasteiger partial charge in [0.15, 0.2) is 0 Å². The van der Waals surface area contributed by atoms with E-state index in [-0.39, 0.29) is 23.8 Å². The number of carbonyl (C=O) groups excluding carboxylic acids is 2. The number of nitrogens with one attached hydrogen (secondary N) is 1. The minimum absolute atomic E-state index is 0.0208. The number of piperidine rings is 1. The van der Waals surface area contributed by atoms with E-state index in [1.165, 1.54) is 24.7 Å². The molecule has 1 aliphatic heterocycles. The van der Waals surface area contributed by atoms with Crippen molar-refractivity contribution in [1.82, 2.24) is 15.1 Å². The highest BCUT2D eigenvalue weighted by Gasteiger charge is 2.26. The van der Waals surface area contributed by atoms with Gasteiger partial charge in [0.05, 0.1) is 11.8 Å². The van der Waals surface area contributed by atoms with E-state index in [0.717, 1.165) is 5.56 Å². The van der Waals surface area contributed by atoms with Crippen LogP contribution in [0.1, 0.15) is 35.7 Å². The van der Waals surface area contributed by atoms with Crippen molar-refractivity contribution in [2.45, 2.75) is 32.4 Å². The number of amides is 3. The van der Waals surface area contributed by atoms with Crippen molar-refractivity contribution in [1.29, 1.82) is 0 Å². The molecular formula is C20H24FN3O3. The molecule has 1 fully saturated rings. The highest BCUT2D eigenvalue weighted by molar-refractivity contribution is 5.93. The molecule has 1 saturated heterocycles. The predicted molar refractivity (Wildman–Crippen MR) is 98.6 cm³/mol. The number of halogens is 1. The molecule has 3 rings (SSSR count). The average molecular weight is 373 g/mol. The Morgan fingerprint density at radius 1 is 1.30 bits per heavy atom. The maximum absolute atomic E-state index is 13.3. The van der Waals surface area contributed by atoms with Crippen molar-refractivity contribution in [3.05, 3.63) is 59.8 Å². The van der Waals surface area contributed by atoms with Crippen LogP contribution >= 0.6 is 0 Å². The number of rotatable bonds is 5. The molecule has 0 aliphatic carbocycles. The highest BCUT2D eigenvalue weighted by atomic mass is 19.1. The minimum atomic E-state index is -0.307. The lowest BCUT2D eigenvalue weighted by Gasteiger charge is -2.33. The van der Waals surface area contributed by atoms with Crippen molar-refractivity contribution < 1.29 is 18.4 Å². The van der Waals surface area contributed by atoms with Crippen LogP contribution in [0.25, 0.3) is 0 Å². The van der Waals surface area contributed by atoms with E-state index >= 15 is 0 Å². The second-order valence-electron chi connectivity index (χ2n) is 6.67. The summed E-state index contributed by atoms with van der Waals surface area (Å²) < 4.78 is 18.3. The molecule has 0 spiro atoms. The standard InChI is InChI=1S/C20H24FN3O3/c1-2-23(13-15-4-3-5-17(21)12-15)20(26)22-18-6-9-24(10-7-18)19(25)16-8-11-27-14-16/h3-5,8,11-12,14,18H,2,6-7,9-10,13H2,1H3,(H,22,26). The van der Waals surface area contributed by atoms with Gasteiger partial charge in [0.25, 0.3) is 5.91 Å². The molecule has 0 saturated carbocycles. The molecule has 2 aromatic rings. The monoisotopic (exact) mass is 373 g/mol. The fourth-order valence-corrected chi connectivity index (χ4v) is 3.24. The van der Waals surface area contributed by atoms with Crippen LogP contribution in [0.3, 0.4) is 0 Å². The molecule has 3 amide bonds. The lowest BCUT2D eigenvalue weighted by molar-refractivity contribution is 0.0705. The summed E-state index contributed by atoms with van der Waals surface area (Å²) >= 11 is 0. The van der Waals surface area contributed by atoms with Gasteiger partial charge >= 0.3 is 6.03 Å². The summed E-state index contributed by atoms with van der Waals surface area (Å²) in [5.41, 5.74) is 1.30. The lowest BCUT2D eigenvalue weighted by atomic mass is 10.0. The number of hydrogen-bond donors (Lipinski definition) is 1. The first-order chi connectivity index (χ1) is 13.1. The van der Waals surface area contributed by atoms with Crippen molar-refractivity contribution in [2.75, 3.05) is 19.6 Å². The van der Waals surface area contributed by atoms with Crippen LogP contribution in [0.4, 0.5) is 9.18 Å². The summed E-state index contributed by atoms with van der Waals surface area (Å²) in [5.74, 6) is -0.353. The van der Waals surface area contributed by atoms with E-state index in [9.17, 15) is 14.0 Å². The quantitative estimate of drug-likeness (QED) is 0.875. The van der Waals surface area contributed by atoms with Gasteiger partial charge < -0.3 is 19.5 Å². The van der Waals surface area contributed by atoms with E-state index in [1.807, 2.05) is 6.92 Å². The third-order valence-corrected chi connectivity index (χ3v) is 4.81. The van der Waals surface area contributed by atoms with Crippen LogP contribution < -0.4 is 5.32 Å². The first-order valence-corrected chi connectivity index (χ1v) is 9.18.